The van der Waals surface area contributed by atoms with Crippen LogP contribution in [0.1, 0.15) is 23.0 Å². The smallest absolute Gasteiger partial charge is 0.154 e. The molecule has 2 heterocycles. The molecule has 1 aromatic carbocycles. The predicted octanol–water partition coefficient (Wildman–Crippen LogP) is 1.05. The quantitative estimate of drug-likeness (QED) is 0.771. The van der Waals surface area contributed by atoms with Crippen molar-refractivity contribution in [2.24, 2.45) is 7.05 Å². The molecular formula is C12H14N4. The number of benzene rings is 1. The summed E-state index contributed by atoms with van der Waals surface area (Å²) in [6.07, 6.45) is 2.83. The topological polar surface area (TPSA) is 42.7 Å². The molecule has 16 heavy (non-hydrogen) atoms. The van der Waals surface area contributed by atoms with Crippen molar-refractivity contribution >= 4 is 0 Å². The standard InChI is InChI=1S/C12H14N4/c1-16-8-14-15-12(16)11-10-5-3-2-4-9(10)6-7-13-11/h2-5,8,11,13H,6-7H2,1H3. The molecule has 4 nitrogen and oxygen atoms in total. The van der Waals surface area contributed by atoms with Crippen LogP contribution >= 0.6 is 0 Å². The maximum atomic E-state index is 4.19. The molecule has 3 rings (SSSR count). The first kappa shape index (κ1) is 9.54. The van der Waals surface area contributed by atoms with E-state index in [1.54, 1.807) is 6.33 Å². The molecule has 1 N–H and O–H groups in total. The van der Waals surface area contributed by atoms with Crippen molar-refractivity contribution in [3.8, 4) is 0 Å². The summed E-state index contributed by atoms with van der Waals surface area (Å²) < 4.78 is 1.97. The molecule has 0 saturated carbocycles. The van der Waals surface area contributed by atoms with Crippen LogP contribution in [0.2, 0.25) is 0 Å². The molecule has 0 amide bonds. The van der Waals surface area contributed by atoms with Crippen LogP contribution in [0, 0.1) is 0 Å². The maximum absolute atomic E-state index is 4.19. The lowest BCUT2D eigenvalue weighted by atomic mass is 9.94. The van der Waals surface area contributed by atoms with Gasteiger partial charge < -0.3 is 9.88 Å². The van der Waals surface area contributed by atoms with Gasteiger partial charge in [0.2, 0.25) is 0 Å². The summed E-state index contributed by atoms with van der Waals surface area (Å²) in [6.45, 7) is 0.995. The van der Waals surface area contributed by atoms with Gasteiger partial charge >= 0.3 is 0 Å². The number of hydrogen-bond acceptors (Lipinski definition) is 3. The van der Waals surface area contributed by atoms with Crippen molar-refractivity contribution in [3.63, 3.8) is 0 Å². The van der Waals surface area contributed by atoms with Crippen molar-refractivity contribution < 1.29 is 0 Å². The highest BCUT2D eigenvalue weighted by Gasteiger charge is 2.23. The summed E-state index contributed by atoms with van der Waals surface area (Å²) in [5, 5.41) is 11.6. The van der Waals surface area contributed by atoms with Crippen molar-refractivity contribution in [1.29, 1.82) is 0 Å². The van der Waals surface area contributed by atoms with Crippen LogP contribution in [0.3, 0.4) is 0 Å². The molecule has 0 spiro atoms. The highest BCUT2D eigenvalue weighted by atomic mass is 15.3. The summed E-state index contributed by atoms with van der Waals surface area (Å²) in [5.74, 6) is 0.979. The monoisotopic (exact) mass is 214 g/mol. The molecule has 0 bridgehead atoms. The normalized spacial score (nSPS) is 19.4. The van der Waals surface area contributed by atoms with E-state index in [1.165, 1.54) is 11.1 Å². The van der Waals surface area contributed by atoms with Gasteiger partial charge in [-0.05, 0) is 17.5 Å². The Hall–Kier alpha value is -1.68. The molecule has 1 unspecified atom stereocenters. The second-order valence-electron chi connectivity index (χ2n) is 4.14. The molecule has 0 aliphatic carbocycles. The third kappa shape index (κ3) is 1.42. The molecule has 0 fully saturated rings. The molecular weight excluding hydrogens is 200 g/mol. The lowest BCUT2D eigenvalue weighted by Gasteiger charge is -2.25. The molecule has 1 atom stereocenters. The van der Waals surface area contributed by atoms with Crippen LogP contribution in [0.25, 0.3) is 0 Å². The van der Waals surface area contributed by atoms with E-state index in [0.29, 0.717) is 0 Å². The van der Waals surface area contributed by atoms with Gasteiger partial charge in [-0.1, -0.05) is 24.3 Å². The average Bonchev–Trinajstić information content (AvgIpc) is 2.75. The molecule has 82 valence electrons. The van der Waals surface area contributed by atoms with Gasteiger partial charge in [0, 0.05) is 13.6 Å². The predicted molar refractivity (Wildman–Crippen MR) is 61.0 cm³/mol. The second kappa shape index (κ2) is 3.72. The van der Waals surface area contributed by atoms with Gasteiger partial charge in [-0.15, -0.1) is 10.2 Å². The summed E-state index contributed by atoms with van der Waals surface area (Å²) in [5.41, 5.74) is 2.74. The van der Waals surface area contributed by atoms with E-state index in [9.17, 15) is 0 Å². The van der Waals surface area contributed by atoms with Gasteiger partial charge in [-0.25, -0.2) is 0 Å². The number of nitrogens with one attached hydrogen (secondary N) is 1. The Morgan fingerprint density at radius 3 is 3.06 bits per heavy atom. The van der Waals surface area contributed by atoms with E-state index in [2.05, 4.69) is 39.8 Å². The summed E-state index contributed by atoms with van der Waals surface area (Å²) >= 11 is 0. The zero-order chi connectivity index (χ0) is 11.0. The Balaban J connectivity index is 2.08. The summed E-state index contributed by atoms with van der Waals surface area (Å²) in [4.78, 5) is 0. The highest BCUT2D eigenvalue weighted by Crippen LogP contribution is 2.26. The van der Waals surface area contributed by atoms with Crippen LogP contribution in [-0.4, -0.2) is 21.3 Å². The number of nitrogens with zero attached hydrogens (tertiary/aromatic N) is 3. The largest absolute Gasteiger partial charge is 0.319 e. The summed E-state index contributed by atoms with van der Waals surface area (Å²) in [7, 11) is 1.98. The zero-order valence-corrected chi connectivity index (χ0v) is 9.22. The Morgan fingerprint density at radius 1 is 1.38 bits per heavy atom. The minimum atomic E-state index is 0.178. The SMILES string of the molecule is Cn1cnnc1C1NCCc2ccccc21. The fraction of sp³-hybridized carbons (Fsp3) is 0.333. The van der Waals surface area contributed by atoms with Gasteiger partial charge in [0.25, 0.3) is 0 Å². The Labute approximate surface area is 94.3 Å². The fourth-order valence-electron chi connectivity index (χ4n) is 2.29. The first-order valence-electron chi connectivity index (χ1n) is 5.51. The molecule has 0 saturated heterocycles. The zero-order valence-electron chi connectivity index (χ0n) is 9.22. The van der Waals surface area contributed by atoms with Gasteiger partial charge in [0.1, 0.15) is 6.33 Å². The van der Waals surface area contributed by atoms with E-state index in [4.69, 9.17) is 0 Å². The van der Waals surface area contributed by atoms with Crippen LogP contribution in [0.5, 0.6) is 0 Å². The number of hydrogen-bond donors (Lipinski definition) is 1. The van der Waals surface area contributed by atoms with Crippen molar-refractivity contribution in [3.05, 3.63) is 47.5 Å². The summed E-state index contributed by atoms with van der Waals surface area (Å²) in [6, 6.07) is 8.71. The van der Waals surface area contributed by atoms with Crippen LogP contribution in [0.4, 0.5) is 0 Å². The average molecular weight is 214 g/mol. The first-order valence-corrected chi connectivity index (χ1v) is 5.51. The van der Waals surface area contributed by atoms with E-state index in [0.717, 1.165) is 18.8 Å². The fourth-order valence-corrected chi connectivity index (χ4v) is 2.29. The molecule has 1 aliphatic rings. The third-order valence-electron chi connectivity index (χ3n) is 3.11. The van der Waals surface area contributed by atoms with Crippen molar-refractivity contribution in [2.75, 3.05) is 6.54 Å². The van der Waals surface area contributed by atoms with E-state index < -0.39 is 0 Å². The van der Waals surface area contributed by atoms with Crippen molar-refractivity contribution in [1.82, 2.24) is 20.1 Å². The van der Waals surface area contributed by atoms with Gasteiger partial charge in [-0.2, -0.15) is 0 Å². The van der Waals surface area contributed by atoms with Crippen molar-refractivity contribution in [2.45, 2.75) is 12.5 Å². The molecule has 4 heteroatoms. The Bertz CT molecular complexity index is 503. The van der Waals surface area contributed by atoms with E-state index in [1.807, 2.05) is 11.6 Å². The van der Waals surface area contributed by atoms with Crippen LogP contribution in [0.15, 0.2) is 30.6 Å². The van der Waals surface area contributed by atoms with Crippen LogP contribution < -0.4 is 5.32 Å². The molecule has 0 radical (unpaired) electrons. The Morgan fingerprint density at radius 2 is 2.25 bits per heavy atom. The Kier molecular flexibility index (Phi) is 2.22. The minimum absolute atomic E-state index is 0.178. The van der Waals surface area contributed by atoms with Gasteiger partial charge in [0.15, 0.2) is 5.82 Å². The lowest BCUT2D eigenvalue weighted by Crippen LogP contribution is -2.32. The van der Waals surface area contributed by atoms with E-state index in [-0.39, 0.29) is 6.04 Å². The number of aryl methyl sites for hydroxylation is 1. The first-order chi connectivity index (χ1) is 7.86. The second-order valence-corrected chi connectivity index (χ2v) is 4.14. The molecule has 1 aromatic heterocycles. The number of rotatable bonds is 1. The maximum Gasteiger partial charge on any atom is 0.154 e. The molecule has 1 aliphatic heterocycles. The highest BCUT2D eigenvalue weighted by molar-refractivity contribution is 5.35. The van der Waals surface area contributed by atoms with Gasteiger partial charge in [0.05, 0.1) is 6.04 Å². The molecule has 2 aromatic rings. The third-order valence-corrected chi connectivity index (χ3v) is 3.11. The van der Waals surface area contributed by atoms with Gasteiger partial charge in [-0.3, -0.25) is 0 Å². The van der Waals surface area contributed by atoms with E-state index >= 15 is 0 Å². The lowest BCUT2D eigenvalue weighted by molar-refractivity contribution is 0.528. The number of fused-ring (bicyclic) bond motifs is 1. The van der Waals surface area contributed by atoms with Crippen LogP contribution in [-0.2, 0) is 13.5 Å². The minimum Gasteiger partial charge on any atom is -0.319 e. The number of aromatic nitrogens is 3.